The lowest BCUT2D eigenvalue weighted by Crippen LogP contribution is -2.26. The number of hydrogen-bond acceptors (Lipinski definition) is 4. The summed E-state index contributed by atoms with van der Waals surface area (Å²) < 4.78 is 40.5. The van der Waals surface area contributed by atoms with E-state index in [0.29, 0.717) is 5.69 Å². The van der Waals surface area contributed by atoms with Crippen LogP contribution in [0.1, 0.15) is 35.7 Å². The van der Waals surface area contributed by atoms with Crippen LogP contribution in [-0.2, 0) is 16.3 Å². The number of fused-ring (bicyclic) bond motifs is 1. The van der Waals surface area contributed by atoms with Crippen molar-refractivity contribution < 1.29 is 17.6 Å². The maximum Gasteiger partial charge on any atom is 0.214 e. The topological polar surface area (TPSA) is 54.5 Å². The van der Waals surface area contributed by atoms with Crippen LogP contribution < -0.4 is 4.90 Å². The van der Waals surface area contributed by atoms with Gasteiger partial charge in [-0.15, -0.1) is 0 Å². The minimum atomic E-state index is -4.10. The van der Waals surface area contributed by atoms with E-state index in [1.165, 1.54) is 23.9 Å². The minimum absolute atomic E-state index is 0.0919. The van der Waals surface area contributed by atoms with Crippen molar-refractivity contribution in [2.45, 2.75) is 31.1 Å². The van der Waals surface area contributed by atoms with Crippen molar-refractivity contribution >= 4 is 27.0 Å². The Kier molecular flexibility index (Phi) is 5.74. The lowest BCUT2D eigenvalue weighted by molar-refractivity contribution is 0.104. The quantitative estimate of drug-likeness (QED) is 0.362. The van der Waals surface area contributed by atoms with E-state index in [-0.39, 0.29) is 21.1 Å². The van der Waals surface area contributed by atoms with Crippen molar-refractivity contribution in [3.05, 3.63) is 101 Å². The van der Waals surface area contributed by atoms with Crippen molar-refractivity contribution in [2.75, 3.05) is 4.90 Å². The molecule has 0 spiro atoms. The van der Waals surface area contributed by atoms with Gasteiger partial charge in [0.1, 0.15) is 10.7 Å². The molecule has 4 nitrogen and oxygen atoms in total. The third-order valence-electron chi connectivity index (χ3n) is 5.30. The molecule has 31 heavy (non-hydrogen) atoms. The molecule has 0 N–H and O–H groups in total. The Morgan fingerprint density at radius 1 is 0.968 bits per heavy atom. The molecule has 0 fully saturated rings. The van der Waals surface area contributed by atoms with E-state index in [0.717, 1.165) is 25.3 Å². The minimum Gasteiger partial charge on any atom is -0.314 e. The number of benzene rings is 3. The summed E-state index contributed by atoms with van der Waals surface area (Å²) in [5.41, 5.74) is 2.28. The molecule has 0 saturated heterocycles. The molecule has 0 saturated carbocycles. The first-order valence-corrected chi connectivity index (χ1v) is 11.6. The van der Waals surface area contributed by atoms with E-state index < -0.39 is 21.4 Å². The predicted octanol–water partition coefficient (Wildman–Crippen LogP) is 5.82. The zero-order valence-electron chi connectivity index (χ0n) is 17.1. The van der Waals surface area contributed by atoms with Gasteiger partial charge < -0.3 is 4.90 Å². The van der Waals surface area contributed by atoms with Gasteiger partial charge in [0.15, 0.2) is 0 Å². The van der Waals surface area contributed by atoms with Crippen LogP contribution in [0.3, 0.4) is 0 Å². The van der Waals surface area contributed by atoms with Crippen LogP contribution >= 0.6 is 0 Å². The summed E-state index contributed by atoms with van der Waals surface area (Å²) in [7, 11) is -4.10. The summed E-state index contributed by atoms with van der Waals surface area (Å²) in [6.45, 7) is 2.13. The van der Waals surface area contributed by atoms with Crippen LogP contribution in [0.4, 0.5) is 15.8 Å². The normalized spacial score (nSPS) is 14.6. The number of anilines is 2. The molecule has 4 rings (SSSR count). The summed E-state index contributed by atoms with van der Waals surface area (Å²) in [6.07, 6.45) is 4.41. The summed E-state index contributed by atoms with van der Waals surface area (Å²) in [4.78, 5) is 14.2. The van der Waals surface area contributed by atoms with Gasteiger partial charge in [0.05, 0.1) is 10.6 Å². The average Bonchev–Trinajstić information content (AvgIpc) is 2.78. The number of allylic oxidation sites excluding steroid dienone is 1. The number of rotatable bonds is 6. The molecule has 158 valence electrons. The molecule has 6 heteroatoms. The molecule has 3 aromatic carbocycles. The van der Waals surface area contributed by atoms with Crippen molar-refractivity contribution in [2.24, 2.45) is 0 Å². The Labute approximate surface area is 181 Å². The van der Waals surface area contributed by atoms with Crippen LogP contribution in [0.25, 0.3) is 0 Å². The van der Waals surface area contributed by atoms with Gasteiger partial charge in [-0.25, -0.2) is 12.8 Å². The molecule has 3 aromatic rings. The predicted molar refractivity (Wildman–Crippen MR) is 120 cm³/mol. The molecule has 0 aliphatic carbocycles. The number of aryl methyl sites for hydroxylation is 1. The number of ketones is 1. The molecule has 0 aromatic heterocycles. The molecular formula is C25H22FNO3S. The van der Waals surface area contributed by atoms with Crippen LogP contribution in [0.5, 0.6) is 0 Å². The van der Waals surface area contributed by atoms with Crippen molar-refractivity contribution in [1.29, 1.82) is 0 Å². The fraction of sp³-hybridized carbons (Fsp3) is 0.160. The van der Waals surface area contributed by atoms with E-state index in [4.69, 9.17) is 0 Å². The lowest BCUT2D eigenvalue weighted by atomic mass is 10.1. The zero-order valence-corrected chi connectivity index (χ0v) is 17.9. The first-order chi connectivity index (χ1) is 14.9. The Hall–Kier alpha value is -3.25. The van der Waals surface area contributed by atoms with E-state index in [9.17, 15) is 17.6 Å². The molecule has 0 bridgehead atoms. The van der Waals surface area contributed by atoms with Gasteiger partial charge in [0.2, 0.25) is 15.6 Å². The van der Waals surface area contributed by atoms with Crippen LogP contribution in [0.15, 0.2) is 88.8 Å². The van der Waals surface area contributed by atoms with Gasteiger partial charge >= 0.3 is 0 Å². The van der Waals surface area contributed by atoms with Gasteiger partial charge in [0.25, 0.3) is 0 Å². The number of sulfone groups is 1. The van der Waals surface area contributed by atoms with E-state index in [1.807, 2.05) is 24.3 Å². The fourth-order valence-corrected chi connectivity index (χ4v) is 5.13. The standard InChI is InChI=1S/C25H22FNO3S/c1-2-3-7-18-10-13-21(14-11-18)27-17-24(25(28)19-8-5-4-6-9-19)31(29,30)23-15-12-20(26)16-22(23)27/h4-6,8-17H,2-3,7H2,1H3. The lowest BCUT2D eigenvalue weighted by Gasteiger charge is -2.29. The molecule has 0 atom stereocenters. The molecule has 1 heterocycles. The monoisotopic (exact) mass is 435 g/mol. The van der Waals surface area contributed by atoms with Gasteiger partial charge in [0, 0.05) is 17.5 Å². The van der Waals surface area contributed by atoms with Crippen molar-refractivity contribution in [1.82, 2.24) is 0 Å². The number of Topliss-reactive ketones (excluding diaryl/α,β-unsaturated/α-hetero) is 1. The molecule has 0 radical (unpaired) electrons. The highest BCUT2D eigenvalue weighted by molar-refractivity contribution is 7.96. The summed E-state index contributed by atoms with van der Waals surface area (Å²) in [6, 6.07) is 19.4. The number of hydrogen-bond donors (Lipinski definition) is 0. The smallest absolute Gasteiger partial charge is 0.214 e. The summed E-state index contributed by atoms with van der Waals surface area (Å²) >= 11 is 0. The molecule has 0 amide bonds. The fourth-order valence-electron chi connectivity index (χ4n) is 3.61. The van der Waals surface area contributed by atoms with Gasteiger partial charge in [-0.3, -0.25) is 4.79 Å². The molecule has 1 aliphatic rings. The number of nitrogens with zero attached hydrogens (tertiary/aromatic N) is 1. The Morgan fingerprint density at radius 2 is 1.68 bits per heavy atom. The number of halogens is 1. The van der Waals surface area contributed by atoms with E-state index in [1.54, 1.807) is 35.2 Å². The van der Waals surface area contributed by atoms with Crippen molar-refractivity contribution in [3.63, 3.8) is 0 Å². The Morgan fingerprint density at radius 3 is 2.35 bits per heavy atom. The second-order valence-corrected chi connectivity index (χ2v) is 9.33. The first kappa shape index (κ1) is 21.0. The van der Waals surface area contributed by atoms with Crippen molar-refractivity contribution in [3.8, 4) is 0 Å². The number of carbonyl (C=O) groups excluding carboxylic acids is 1. The Balaban J connectivity index is 1.84. The highest BCUT2D eigenvalue weighted by Crippen LogP contribution is 2.40. The Bertz CT molecular complexity index is 1250. The van der Waals surface area contributed by atoms with Gasteiger partial charge in [-0.05, 0) is 48.7 Å². The maximum absolute atomic E-state index is 14.1. The highest BCUT2D eigenvalue weighted by atomic mass is 32.2. The third-order valence-corrected chi connectivity index (χ3v) is 7.09. The second-order valence-electron chi connectivity index (χ2n) is 7.44. The average molecular weight is 436 g/mol. The largest absolute Gasteiger partial charge is 0.314 e. The summed E-state index contributed by atoms with van der Waals surface area (Å²) in [5, 5.41) is 0. The van der Waals surface area contributed by atoms with Gasteiger partial charge in [-0.1, -0.05) is 55.8 Å². The number of carbonyl (C=O) groups is 1. The number of unbranched alkanes of at least 4 members (excludes halogenated alkanes) is 1. The first-order valence-electron chi connectivity index (χ1n) is 10.2. The van der Waals surface area contributed by atoms with Gasteiger partial charge in [-0.2, -0.15) is 0 Å². The maximum atomic E-state index is 14.1. The molecular weight excluding hydrogens is 413 g/mol. The summed E-state index contributed by atoms with van der Waals surface area (Å²) in [5.74, 6) is -1.15. The second kappa shape index (κ2) is 8.47. The van der Waals surface area contributed by atoms with E-state index in [2.05, 4.69) is 6.92 Å². The highest BCUT2D eigenvalue weighted by Gasteiger charge is 2.36. The van der Waals surface area contributed by atoms with Crippen LogP contribution in [0, 0.1) is 5.82 Å². The van der Waals surface area contributed by atoms with Crippen LogP contribution in [0.2, 0.25) is 0 Å². The molecule has 1 aliphatic heterocycles. The zero-order chi connectivity index (χ0) is 22.0. The molecule has 0 unspecified atom stereocenters. The SMILES string of the molecule is CCCCc1ccc(N2C=C(C(=O)c3ccccc3)S(=O)(=O)c3ccc(F)cc32)cc1. The van der Waals surface area contributed by atoms with E-state index >= 15 is 0 Å². The third kappa shape index (κ3) is 4.03. The van der Waals surface area contributed by atoms with Crippen LogP contribution in [-0.4, -0.2) is 14.2 Å².